The lowest BCUT2D eigenvalue weighted by atomic mass is 9.98. The Morgan fingerprint density at radius 1 is 0.984 bits per heavy atom. The molecule has 1 fully saturated rings. The van der Waals surface area contributed by atoms with Crippen LogP contribution in [0.15, 0.2) is 36.7 Å². The summed E-state index contributed by atoms with van der Waals surface area (Å²) in [6.45, 7) is 7.35. The lowest BCUT2D eigenvalue weighted by molar-refractivity contribution is -0.158. The molecule has 1 aliphatic heterocycles. The molecule has 5 atom stereocenters. The van der Waals surface area contributed by atoms with Crippen molar-refractivity contribution in [3.8, 4) is 18.1 Å². The third-order valence-electron chi connectivity index (χ3n) is 11.3. The van der Waals surface area contributed by atoms with Crippen molar-refractivity contribution in [2.24, 2.45) is 5.92 Å². The van der Waals surface area contributed by atoms with Crippen LogP contribution in [0, 0.1) is 24.3 Å². The quantitative estimate of drug-likeness (QED) is 0.0213. The number of anilines is 1. The van der Waals surface area contributed by atoms with Gasteiger partial charge in [-0.3, -0.25) is 18.7 Å². The van der Waals surface area contributed by atoms with Crippen molar-refractivity contribution in [2.75, 3.05) is 18.9 Å². The van der Waals surface area contributed by atoms with Gasteiger partial charge in [0.1, 0.15) is 30.7 Å². The molecule has 61 heavy (non-hydrogen) atoms. The molecule has 1 saturated heterocycles. The molecule has 1 unspecified atom stereocenters. The molecule has 0 aliphatic carbocycles. The van der Waals surface area contributed by atoms with E-state index in [0.29, 0.717) is 6.42 Å². The number of hydrogen-bond donors (Lipinski definition) is 2. The minimum absolute atomic E-state index is 0.0226. The van der Waals surface area contributed by atoms with Gasteiger partial charge in [0, 0.05) is 12.8 Å². The summed E-state index contributed by atoms with van der Waals surface area (Å²) in [4.78, 5) is 38.1. The van der Waals surface area contributed by atoms with Gasteiger partial charge in [-0.2, -0.15) is 19.4 Å². The van der Waals surface area contributed by atoms with Crippen LogP contribution in [0.3, 0.4) is 0 Å². The summed E-state index contributed by atoms with van der Waals surface area (Å²) < 4.78 is 60.2. The Balaban J connectivity index is 1.41. The summed E-state index contributed by atoms with van der Waals surface area (Å²) in [7, 11) is -4.43. The zero-order chi connectivity index (χ0) is 44.1. The number of rotatable bonds is 30. The monoisotopic (exact) mass is 870 g/mol. The molecule has 0 spiro atoms. The average molecular weight is 871 g/mol. The zero-order valence-corrected chi connectivity index (χ0v) is 37.6. The van der Waals surface area contributed by atoms with Crippen LogP contribution in [-0.2, 0) is 32.9 Å². The molecule has 0 radical (unpaired) electrons. The van der Waals surface area contributed by atoms with Gasteiger partial charge >= 0.3 is 25.8 Å². The van der Waals surface area contributed by atoms with Gasteiger partial charge < -0.3 is 24.5 Å². The molecule has 1 aliphatic rings. The van der Waals surface area contributed by atoms with E-state index >= 15 is 0 Å². The third kappa shape index (κ3) is 15.6. The minimum Gasteiger partial charge on any atom is -0.464 e. The van der Waals surface area contributed by atoms with Crippen LogP contribution in [0.1, 0.15) is 156 Å². The molecular weight excluding hydrogens is 803 g/mol. The lowest BCUT2D eigenvalue weighted by Crippen LogP contribution is -2.45. The Labute approximate surface area is 361 Å². The van der Waals surface area contributed by atoms with Crippen LogP contribution in [0.5, 0.6) is 5.75 Å². The first-order valence-corrected chi connectivity index (χ1v) is 23.9. The summed E-state index contributed by atoms with van der Waals surface area (Å²) in [6, 6.07) is 7.15. The number of aromatic nitrogens is 4. The van der Waals surface area contributed by atoms with Gasteiger partial charge in [0.2, 0.25) is 0 Å². The second-order valence-corrected chi connectivity index (χ2v) is 17.8. The van der Waals surface area contributed by atoms with E-state index in [1.807, 2.05) is 13.8 Å². The fourth-order valence-corrected chi connectivity index (χ4v) is 8.88. The number of halogens is 1. The van der Waals surface area contributed by atoms with E-state index in [9.17, 15) is 18.5 Å². The van der Waals surface area contributed by atoms with Gasteiger partial charge in [0.25, 0.3) is 0 Å². The number of esters is 2. The number of para-hydroxylation sites is 1. The zero-order valence-electron chi connectivity index (χ0n) is 36.7. The summed E-state index contributed by atoms with van der Waals surface area (Å²) in [6.07, 6.45) is 24.1. The Kier molecular flexibility index (Phi) is 20.9. The van der Waals surface area contributed by atoms with Gasteiger partial charge in [-0.05, 0) is 31.4 Å². The Morgan fingerprint density at radius 3 is 2.18 bits per heavy atom. The number of carbonyl (C=O) groups is 2. The van der Waals surface area contributed by atoms with Gasteiger partial charge in [0.05, 0.1) is 12.9 Å². The number of fused-ring (bicyclic) bond motifs is 1. The number of unbranched alkanes of at least 4 members (excludes halogenated alkanes) is 14. The molecule has 0 saturated carbocycles. The SMILES string of the molecule is C#C[C@]1(CO[P@@](=O)(NC(C)C(=O)OCC(CC)CC)Oc2ccccc2)O[C@@H](n2cnc3c(N)nc(F)nc32)C[C@@H]1OC(=O)CCCCCCCCCCCCCCCCC. The smallest absolute Gasteiger partial charge is 0.459 e. The average Bonchev–Trinajstić information content (AvgIpc) is 3.83. The fraction of sp³-hybridized carbons (Fsp3) is 0.667. The molecular formula is C45H68FN6O8P. The maximum absolute atomic E-state index is 14.5. The summed E-state index contributed by atoms with van der Waals surface area (Å²) in [5.41, 5.74) is 4.26. The number of nitrogen functional groups attached to an aromatic ring is 1. The fourth-order valence-electron chi connectivity index (χ4n) is 7.36. The number of benzene rings is 1. The number of ether oxygens (including phenoxy) is 3. The van der Waals surface area contributed by atoms with Crippen LogP contribution in [-0.4, -0.2) is 62.4 Å². The normalized spacial score (nSPS) is 19.1. The first kappa shape index (κ1) is 49.6. The molecule has 3 aromatic rings. The molecule has 3 heterocycles. The van der Waals surface area contributed by atoms with Crippen molar-refractivity contribution in [2.45, 2.75) is 174 Å². The third-order valence-corrected chi connectivity index (χ3v) is 12.9. The van der Waals surface area contributed by atoms with Crippen LogP contribution >= 0.6 is 7.75 Å². The van der Waals surface area contributed by atoms with E-state index in [2.05, 4.69) is 32.9 Å². The molecule has 4 rings (SSSR count). The molecule has 3 N–H and O–H groups in total. The van der Waals surface area contributed by atoms with E-state index in [-0.39, 0.29) is 48.1 Å². The molecule has 1 aromatic carbocycles. The Bertz CT molecular complexity index is 1870. The van der Waals surface area contributed by atoms with Gasteiger partial charge in [-0.15, -0.1) is 6.42 Å². The highest BCUT2D eigenvalue weighted by atomic mass is 31.2. The number of nitrogens with zero attached hydrogens (tertiary/aromatic N) is 4. The van der Waals surface area contributed by atoms with E-state index in [0.717, 1.165) is 32.1 Å². The predicted octanol–water partition coefficient (Wildman–Crippen LogP) is 10.2. The van der Waals surface area contributed by atoms with Gasteiger partial charge in [0.15, 0.2) is 22.6 Å². The van der Waals surface area contributed by atoms with Crippen molar-refractivity contribution in [1.82, 2.24) is 24.6 Å². The molecule has 2 aromatic heterocycles. The molecule has 16 heteroatoms. The maximum atomic E-state index is 14.5. The van der Waals surface area contributed by atoms with Gasteiger partial charge in [-0.25, -0.2) is 9.55 Å². The standard InChI is InChI=1S/C45H68FN6O8P/c1-6-10-11-12-13-14-15-16-17-18-19-20-21-22-26-29-39(53)58-37-30-38(52-33-48-40-41(47)49-44(46)50-42(40)52)59-45(37,9-4)32-57-61(55,60-36-27-24-23-25-28-36)51-34(5)43(54)56-31-35(7-2)8-3/h4,23-25,27-28,33-35,37-38H,6-8,10-22,26,29-32H2,1-3,5H3,(H,51,55)(H2,47,49,50)/t34?,37-,38+,45+,61-/m0/s1. The maximum Gasteiger partial charge on any atom is 0.459 e. The first-order valence-electron chi connectivity index (χ1n) is 22.4. The summed E-state index contributed by atoms with van der Waals surface area (Å²) in [5, 5.41) is 2.69. The van der Waals surface area contributed by atoms with Crippen LogP contribution in [0.4, 0.5) is 10.2 Å². The summed E-state index contributed by atoms with van der Waals surface area (Å²) in [5.74, 6) is 1.64. The number of nitrogens with one attached hydrogen (secondary N) is 1. The lowest BCUT2D eigenvalue weighted by Gasteiger charge is -2.31. The second-order valence-electron chi connectivity index (χ2n) is 16.1. The van der Waals surface area contributed by atoms with Crippen LogP contribution < -0.4 is 15.3 Å². The highest BCUT2D eigenvalue weighted by Crippen LogP contribution is 2.48. The van der Waals surface area contributed by atoms with Crippen molar-refractivity contribution >= 4 is 36.7 Å². The Morgan fingerprint density at radius 2 is 1.59 bits per heavy atom. The van der Waals surface area contributed by atoms with Crippen molar-refractivity contribution < 1.29 is 41.8 Å². The van der Waals surface area contributed by atoms with Crippen molar-refractivity contribution in [3.05, 3.63) is 42.7 Å². The predicted molar refractivity (Wildman–Crippen MR) is 234 cm³/mol. The molecule has 0 bridgehead atoms. The summed E-state index contributed by atoms with van der Waals surface area (Å²) >= 11 is 0. The highest BCUT2D eigenvalue weighted by Gasteiger charge is 2.53. The highest BCUT2D eigenvalue weighted by molar-refractivity contribution is 7.52. The number of hydrogen-bond acceptors (Lipinski definition) is 12. The topological polar surface area (TPSA) is 179 Å². The Hall–Kier alpha value is -4.09. The molecule has 338 valence electrons. The number of imidazole rings is 1. The van der Waals surface area contributed by atoms with E-state index < -0.39 is 56.3 Å². The van der Waals surface area contributed by atoms with Crippen molar-refractivity contribution in [1.29, 1.82) is 0 Å². The van der Waals surface area contributed by atoms with E-state index in [1.54, 1.807) is 30.3 Å². The number of nitrogens with two attached hydrogens (primary N) is 1. The molecule has 14 nitrogen and oxygen atoms in total. The first-order chi connectivity index (χ1) is 29.5. The van der Waals surface area contributed by atoms with E-state index in [4.69, 9.17) is 35.4 Å². The van der Waals surface area contributed by atoms with E-state index in [1.165, 1.54) is 88.4 Å². The minimum atomic E-state index is -4.43. The molecule has 0 amide bonds. The van der Waals surface area contributed by atoms with Gasteiger partial charge in [-0.1, -0.05) is 148 Å². The number of carbonyl (C=O) groups excluding carboxylic acids is 2. The van der Waals surface area contributed by atoms with Crippen LogP contribution in [0.2, 0.25) is 0 Å². The number of terminal acetylenes is 1. The van der Waals surface area contributed by atoms with Crippen molar-refractivity contribution in [3.63, 3.8) is 0 Å². The second kappa shape index (κ2) is 25.8. The largest absolute Gasteiger partial charge is 0.464 e. The van der Waals surface area contributed by atoms with Crippen LogP contribution in [0.25, 0.3) is 11.2 Å².